The lowest BCUT2D eigenvalue weighted by Crippen LogP contribution is -2.52. The normalized spacial score (nSPS) is 17.4. The Morgan fingerprint density at radius 3 is 2.64 bits per heavy atom. The number of pyridine rings is 1. The monoisotopic (exact) mass is 369 g/mol. The topological polar surface area (TPSA) is 54.0 Å². The standard InChI is InChI=1S/C17H15ClF3N3O/c18-14-4-2-1-3-13(14)15(23-11-5-10(19)8-22-9-11)16(25)24-12-6-17(20,21)7-12/h1-5,8-9,12,15,23H,6-7H2,(H,24,25)/t15-/m0/s1. The third kappa shape index (κ3) is 4.22. The summed E-state index contributed by atoms with van der Waals surface area (Å²) in [5.74, 6) is -3.82. The minimum atomic E-state index is -2.74. The molecule has 1 atom stereocenters. The van der Waals surface area contributed by atoms with E-state index in [0.717, 1.165) is 6.20 Å². The van der Waals surface area contributed by atoms with Gasteiger partial charge in [0.25, 0.3) is 5.92 Å². The predicted molar refractivity (Wildman–Crippen MR) is 88.1 cm³/mol. The quantitative estimate of drug-likeness (QED) is 0.839. The van der Waals surface area contributed by atoms with Crippen LogP contribution in [0.2, 0.25) is 5.02 Å². The number of hydrogen-bond acceptors (Lipinski definition) is 3. The number of amides is 1. The molecule has 4 nitrogen and oxygen atoms in total. The van der Waals surface area contributed by atoms with Gasteiger partial charge in [0.15, 0.2) is 0 Å². The van der Waals surface area contributed by atoms with Gasteiger partial charge in [-0.15, -0.1) is 0 Å². The largest absolute Gasteiger partial charge is 0.369 e. The molecule has 0 spiro atoms. The van der Waals surface area contributed by atoms with E-state index in [4.69, 9.17) is 11.6 Å². The number of anilines is 1. The van der Waals surface area contributed by atoms with Crippen LogP contribution in [-0.2, 0) is 4.79 Å². The first kappa shape index (κ1) is 17.5. The lowest BCUT2D eigenvalue weighted by molar-refractivity contribution is -0.130. The first-order valence-electron chi connectivity index (χ1n) is 7.64. The number of nitrogens with one attached hydrogen (secondary N) is 2. The van der Waals surface area contributed by atoms with Gasteiger partial charge in [0.05, 0.1) is 18.1 Å². The van der Waals surface area contributed by atoms with Crippen LogP contribution in [0.5, 0.6) is 0 Å². The van der Waals surface area contributed by atoms with Crippen molar-refractivity contribution in [1.82, 2.24) is 10.3 Å². The molecule has 0 bridgehead atoms. The van der Waals surface area contributed by atoms with E-state index < -0.39 is 42.6 Å². The van der Waals surface area contributed by atoms with Crippen molar-refractivity contribution in [2.75, 3.05) is 5.32 Å². The van der Waals surface area contributed by atoms with Crippen LogP contribution in [0, 0.1) is 5.82 Å². The summed E-state index contributed by atoms with van der Waals surface area (Å²) in [6, 6.07) is 6.27. The number of benzene rings is 1. The Balaban J connectivity index is 1.81. The molecule has 1 aliphatic carbocycles. The Hall–Kier alpha value is -2.28. The molecule has 1 amide bonds. The fourth-order valence-electron chi connectivity index (χ4n) is 2.70. The van der Waals surface area contributed by atoms with Crippen molar-refractivity contribution in [2.45, 2.75) is 30.8 Å². The van der Waals surface area contributed by atoms with E-state index in [1.165, 1.54) is 12.3 Å². The molecule has 8 heteroatoms. The number of alkyl halides is 2. The summed E-state index contributed by atoms with van der Waals surface area (Å²) in [5, 5.41) is 5.77. The highest BCUT2D eigenvalue weighted by Gasteiger charge is 2.46. The summed E-state index contributed by atoms with van der Waals surface area (Å²) in [7, 11) is 0. The summed E-state index contributed by atoms with van der Waals surface area (Å²) < 4.78 is 39.3. The molecule has 1 fully saturated rings. The van der Waals surface area contributed by atoms with Gasteiger partial charge >= 0.3 is 0 Å². The van der Waals surface area contributed by atoms with E-state index in [9.17, 15) is 18.0 Å². The molecule has 0 aliphatic heterocycles. The first-order valence-corrected chi connectivity index (χ1v) is 8.01. The third-order valence-electron chi connectivity index (χ3n) is 3.93. The zero-order valence-electron chi connectivity index (χ0n) is 13.0. The molecule has 1 aliphatic rings. The Morgan fingerprint density at radius 1 is 1.28 bits per heavy atom. The maximum Gasteiger partial charge on any atom is 0.252 e. The Morgan fingerprint density at radius 2 is 2.00 bits per heavy atom. The molecule has 2 N–H and O–H groups in total. The highest BCUT2D eigenvalue weighted by Crippen LogP contribution is 2.38. The number of hydrogen-bond donors (Lipinski definition) is 2. The van der Waals surface area contributed by atoms with Gasteiger partial charge in [0, 0.05) is 35.5 Å². The van der Waals surface area contributed by atoms with E-state index >= 15 is 0 Å². The van der Waals surface area contributed by atoms with E-state index in [1.807, 2.05) is 0 Å². The summed E-state index contributed by atoms with van der Waals surface area (Å²) >= 11 is 6.16. The molecule has 1 saturated carbocycles. The molecule has 1 aromatic heterocycles. The molecule has 25 heavy (non-hydrogen) atoms. The minimum Gasteiger partial charge on any atom is -0.369 e. The van der Waals surface area contributed by atoms with Gasteiger partial charge < -0.3 is 10.6 Å². The first-order chi connectivity index (χ1) is 11.8. The minimum absolute atomic E-state index is 0.277. The average molecular weight is 370 g/mol. The van der Waals surface area contributed by atoms with Crippen molar-refractivity contribution in [2.24, 2.45) is 0 Å². The van der Waals surface area contributed by atoms with Gasteiger partial charge in [0.2, 0.25) is 5.91 Å². The number of carbonyl (C=O) groups excluding carboxylic acids is 1. The van der Waals surface area contributed by atoms with Gasteiger partial charge in [-0.25, -0.2) is 13.2 Å². The molecule has 1 heterocycles. The van der Waals surface area contributed by atoms with Crippen molar-refractivity contribution in [3.8, 4) is 0 Å². The van der Waals surface area contributed by atoms with Crippen LogP contribution in [-0.4, -0.2) is 22.9 Å². The molecule has 132 valence electrons. The van der Waals surface area contributed by atoms with Crippen molar-refractivity contribution in [1.29, 1.82) is 0 Å². The Labute approximate surface area is 147 Å². The Kier molecular flexibility index (Phi) is 4.85. The Bertz CT molecular complexity index is 779. The average Bonchev–Trinajstić information content (AvgIpc) is 2.51. The molecule has 0 unspecified atom stereocenters. The summed E-state index contributed by atoms with van der Waals surface area (Å²) in [6.07, 6.45) is 1.61. The van der Waals surface area contributed by atoms with Crippen LogP contribution in [0.4, 0.5) is 18.9 Å². The van der Waals surface area contributed by atoms with Crippen LogP contribution < -0.4 is 10.6 Å². The maximum absolute atomic E-state index is 13.3. The number of nitrogens with zero attached hydrogens (tertiary/aromatic N) is 1. The second-order valence-electron chi connectivity index (χ2n) is 5.96. The predicted octanol–water partition coefficient (Wildman–Crippen LogP) is 3.94. The molecule has 3 rings (SSSR count). The van der Waals surface area contributed by atoms with Crippen LogP contribution in [0.25, 0.3) is 0 Å². The van der Waals surface area contributed by atoms with Gasteiger partial charge in [-0.3, -0.25) is 9.78 Å². The van der Waals surface area contributed by atoms with Gasteiger partial charge in [-0.1, -0.05) is 29.8 Å². The fourth-order valence-corrected chi connectivity index (χ4v) is 2.94. The maximum atomic E-state index is 13.3. The molecule has 0 radical (unpaired) electrons. The van der Waals surface area contributed by atoms with Crippen molar-refractivity contribution in [3.63, 3.8) is 0 Å². The summed E-state index contributed by atoms with van der Waals surface area (Å²) in [6.45, 7) is 0. The molecular formula is C17H15ClF3N3O. The van der Waals surface area contributed by atoms with Gasteiger partial charge in [-0.2, -0.15) is 0 Å². The second-order valence-corrected chi connectivity index (χ2v) is 6.37. The van der Waals surface area contributed by atoms with Crippen molar-refractivity contribution >= 4 is 23.2 Å². The van der Waals surface area contributed by atoms with Crippen LogP contribution in [0.15, 0.2) is 42.7 Å². The lowest BCUT2D eigenvalue weighted by atomic mass is 9.88. The van der Waals surface area contributed by atoms with Crippen LogP contribution in [0.3, 0.4) is 0 Å². The summed E-state index contributed by atoms with van der Waals surface area (Å²) in [5.41, 5.74) is 0.732. The third-order valence-corrected chi connectivity index (χ3v) is 4.27. The SMILES string of the molecule is O=C(NC1CC(F)(F)C1)[C@@H](Nc1cncc(F)c1)c1ccccc1Cl. The number of halogens is 4. The van der Waals surface area contributed by atoms with Crippen molar-refractivity contribution in [3.05, 3.63) is 59.1 Å². The van der Waals surface area contributed by atoms with E-state index in [0.29, 0.717) is 10.6 Å². The second kappa shape index (κ2) is 6.92. The zero-order valence-corrected chi connectivity index (χ0v) is 13.7. The van der Waals surface area contributed by atoms with E-state index in [1.54, 1.807) is 24.3 Å². The summed E-state index contributed by atoms with van der Waals surface area (Å²) in [4.78, 5) is 16.3. The van der Waals surface area contributed by atoms with E-state index in [2.05, 4.69) is 15.6 Å². The van der Waals surface area contributed by atoms with Crippen LogP contribution in [0.1, 0.15) is 24.4 Å². The lowest BCUT2D eigenvalue weighted by Gasteiger charge is -2.36. The van der Waals surface area contributed by atoms with Crippen LogP contribution >= 0.6 is 11.6 Å². The number of aromatic nitrogens is 1. The number of rotatable bonds is 5. The highest BCUT2D eigenvalue weighted by molar-refractivity contribution is 6.31. The zero-order chi connectivity index (χ0) is 18.0. The fraction of sp³-hybridized carbons (Fsp3) is 0.294. The molecule has 2 aromatic rings. The highest BCUT2D eigenvalue weighted by atomic mass is 35.5. The van der Waals surface area contributed by atoms with Gasteiger partial charge in [-0.05, 0) is 6.07 Å². The van der Waals surface area contributed by atoms with E-state index in [-0.39, 0.29) is 5.69 Å². The number of carbonyl (C=O) groups is 1. The smallest absolute Gasteiger partial charge is 0.252 e. The molecule has 0 saturated heterocycles. The molecular weight excluding hydrogens is 355 g/mol. The molecule has 1 aromatic carbocycles. The van der Waals surface area contributed by atoms with Crippen molar-refractivity contribution < 1.29 is 18.0 Å². The van der Waals surface area contributed by atoms with Gasteiger partial charge in [0.1, 0.15) is 11.9 Å².